The molecule has 3 rings (SSSR count). The van der Waals surface area contributed by atoms with E-state index in [2.05, 4.69) is 34.7 Å². The van der Waals surface area contributed by atoms with Gasteiger partial charge in [0.15, 0.2) is 0 Å². The van der Waals surface area contributed by atoms with Crippen LogP contribution in [-0.4, -0.2) is 31.7 Å². The van der Waals surface area contributed by atoms with Crippen LogP contribution in [0.1, 0.15) is 49.3 Å². The number of nitrogens with one attached hydrogen (secondary N) is 2. The molecule has 1 unspecified atom stereocenters. The molecule has 3 atom stereocenters. The first-order chi connectivity index (χ1) is 13.3. The van der Waals surface area contributed by atoms with Crippen LogP contribution in [0.4, 0.5) is 5.82 Å². The summed E-state index contributed by atoms with van der Waals surface area (Å²) in [6.45, 7) is 2.42. The van der Waals surface area contributed by atoms with Gasteiger partial charge >= 0.3 is 0 Å². The van der Waals surface area contributed by atoms with Gasteiger partial charge in [-0.2, -0.15) is 0 Å². The molecule has 1 aliphatic carbocycles. The third-order valence-corrected chi connectivity index (χ3v) is 6.23. The van der Waals surface area contributed by atoms with Gasteiger partial charge in [0.2, 0.25) is 10.0 Å². The normalized spacial score (nSPS) is 20.8. The second kappa shape index (κ2) is 9.22. The third kappa shape index (κ3) is 6.17. The minimum atomic E-state index is -3.46. The first kappa shape index (κ1) is 21.0. The van der Waals surface area contributed by atoms with E-state index in [0.29, 0.717) is 17.8 Å². The third-order valence-electron chi connectivity index (χ3n) is 5.22. The lowest BCUT2D eigenvalue weighted by Crippen LogP contribution is -2.29. The van der Waals surface area contributed by atoms with Crippen molar-refractivity contribution in [3.63, 3.8) is 0 Å². The fraction of sp³-hybridized carbons (Fsp3) is 0.450. The van der Waals surface area contributed by atoms with Crippen molar-refractivity contribution in [2.75, 3.05) is 17.6 Å². The van der Waals surface area contributed by atoms with Crippen LogP contribution in [0.2, 0.25) is 5.02 Å². The van der Waals surface area contributed by atoms with Gasteiger partial charge in [-0.3, -0.25) is 0 Å². The molecule has 2 aromatic rings. The molecule has 1 saturated carbocycles. The molecule has 0 spiro atoms. The van der Waals surface area contributed by atoms with E-state index >= 15 is 0 Å². The summed E-state index contributed by atoms with van der Waals surface area (Å²) in [5.74, 6) is 1.03. The van der Waals surface area contributed by atoms with E-state index in [4.69, 9.17) is 16.7 Å². The Balaban J connectivity index is 1.50. The van der Waals surface area contributed by atoms with E-state index in [9.17, 15) is 8.42 Å². The van der Waals surface area contributed by atoms with Crippen molar-refractivity contribution in [2.24, 2.45) is 5.14 Å². The van der Waals surface area contributed by atoms with Gasteiger partial charge in [-0.1, -0.05) is 29.8 Å². The monoisotopic (exact) mass is 422 g/mol. The molecule has 0 bridgehead atoms. The number of primary sulfonamides is 1. The van der Waals surface area contributed by atoms with Gasteiger partial charge in [0.25, 0.3) is 0 Å². The molecule has 8 heteroatoms. The summed E-state index contributed by atoms with van der Waals surface area (Å²) in [4.78, 5) is 4.40. The Bertz CT molecular complexity index is 889. The number of halogens is 1. The number of hydrogen-bond donors (Lipinski definition) is 3. The van der Waals surface area contributed by atoms with Crippen LogP contribution in [-0.2, 0) is 10.0 Å². The first-order valence-corrected chi connectivity index (χ1v) is 11.6. The fourth-order valence-corrected chi connectivity index (χ4v) is 4.32. The maximum atomic E-state index is 11.0. The maximum absolute atomic E-state index is 11.0. The summed E-state index contributed by atoms with van der Waals surface area (Å²) in [5, 5.41) is 12.5. The van der Waals surface area contributed by atoms with E-state index in [0.717, 1.165) is 24.3 Å². The summed E-state index contributed by atoms with van der Waals surface area (Å²) in [6.07, 6.45) is 5.21. The SMILES string of the molecule is CC(N[C@H]1CC[C@@H](c2ccc(NCCS(N)(=O)=O)nc2)C1)c1cccc(Cl)c1. The van der Waals surface area contributed by atoms with Crippen molar-refractivity contribution < 1.29 is 8.42 Å². The van der Waals surface area contributed by atoms with Crippen LogP contribution in [0.15, 0.2) is 42.6 Å². The van der Waals surface area contributed by atoms with Gasteiger partial charge in [0.1, 0.15) is 5.82 Å². The molecular weight excluding hydrogens is 396 g/mol. The highest BCUT2D eigenvalue weighted by Gasteiger charge is 2.27. The Labute approximate surface area is 171 Å². The van der Waals surface area contributed by atoms with Crippen LogP contribution in [0.5, 0.6) is 0 Å². The maximum Gasteiger partial charge on any atom is 0.210 e. The molecule has 1 fully saturated rings. The number of aromatic nitrogens is 1. The lowest BCUT2D eigenvalue weighted by atomic mass is 9.99. The number of anilines is 1. The molecule has 1 heterocycles. The second-order valence-electron chi connectivity index (χ2n) is 7.42. The smallest absolute Gasteiger partial charge is 0.210 e. The Kier molecular flexibility index (Phi) is 6.93. The molecule has 152 valence electrons. The number of sulfonamides is 1. The fourth-order valence-electron chi connectivity index (χ4n) is 3.73. The van der Waals surface area contributed by atoms with Crippen molar-refractivity contribution in [1.29, 1.82) is 0 Å². The number of nitrogens with zero attached hydrogens (tertiary/aromatic N) is 1. The Morgan fingerprint density at radius 3 is 2.79 bits per heavy atom. The van der Waals surface area contributed by atoms with Crippen LogP contribution in [0.25, 0.3) is 0 Å². The van der Waals surface area contributed by atoms with Gasteiger partial charge in [-0.15, -0.1) is 0 Å². The highest BCUT2D eigenvalue weighted by Crippen LogP contribution is 2.35. The molecule has 0 saturated heterocycles. The number of pyridine rings is 1. The van der Waals surface area contributed by atoms with Crippen LogP contribution >= 0.6 is 11.6 Å². The number of rotatable bonds is 8. The van der Waals surface area contributed by atoms with Gasteiger partial charge in [-0.05, 0) is 61.4 Å². The van der Waals surface area contributed by atoms with Crippen molar-refractivity contribution in [3.8, 4) is 0 Å². The van der Waals surface area contributed by atoms with E-state index in [1.165, 1.54) is 11.1 Å². The van der Waals surface area contributed by atoms with Gasteiger partial charge in [-0.25, -0.2) is 18.5 Å². The van der Waals surface area contributed by atoms with Crippen LogP contribution in [0, 0.1) is 0 Å². The largest absolute Gasteiger partial charge is 0.369 e. The summed E-state index contributed by atoms with van der Waals surface area (Å²) < 4.78 is 21.9. The Hall–Kier alpha value is -1.67. The van der Waals surface area contributed by atoms with Crippen molar-refractivity contribution in [3.05, 3.63) is 58.7 Å². The topological polar surface area (TPSA) is 97.1 Å². The summed E-state index contributed by atoms with van der Waals surface area (Å²) in [5.41, 5.74) is 2.42. The minimum absolute atomic E-state index is 0.114. The predicted molar refractivity (Wildman–Crippen MR) is 114 cm³/mol. The zero-order valence-corrected chi connectivity index (χ0v) is 17.5. The molecular formula is C20H27ClN4O2S. The zero-order valence-electron chi connectivity index (χ0n) is 15.9. The highest BCUT2D eigenvalue weighted by molar-refractivity contribution is 7.89. The number of hydrogen-bond acceptors (Lipinski definition) is 5. The van der Waals surface area contributed by atoms with Crippen LogP contribution in [0.3, 0.4) is 0 Å². The van der Waals surface area contributed by atoms with Crippen molar-refractivity contribution in [1.82, 2.24) is 10.3 Å². The first-order valence-electron chi connectivity index (χ1n) is 9.52. The van der Waals surface area contributed by atoms with E-state index in [-0.39, 0.29) is 18.3 Å². The lowest BCUT2D eigenvalue weighted by Gasteiger charge is -2.20. The number of benzene rings is 1. The average Bonchev–Trinajstić information content (AvgIpc) is 3.10. The zero-order chi connectivity index (χ0) is 20.1. The summed E-state index contributed by atoms with van der Waals surface area (Å²) in [7, 11) is -3.46. The van der Waals surface area contributed by atoms with Crippen molar-refractivity contribution >= 4 is 27.4 Å². The second-order valence-corrected chi connectivity index (χ2v) is 9.59. The summed E-state index contributed by atoms with van der Waals surface area (Å²) in [6, 6.07) is 12.7. The van der Waals surface area contributed by atoms with Crippen LogP contribution < -0.4 is 15.8 Å². The quantitative estimate of drug-likeness (QED) is 0.605. The lowest BCUT2D eigenvalue weighted by molar-refractivity contribution is 0.457. The van der Waals surface area contributed by atoms with Gasteiger partial charge < -0.3 is 10.6 Å². The average molecular weight is 423 g/mol. The molecule has 0 radical (unpaired) electrons. The Morgan fingerprint density at radius 2 is 2.11 bits per heavy atom. The molecule has 4 N–H and O–H groups in total. The Morgan fingerprint density at radius 1 is 1.29 bits per heavy atom. The molecule has 0 aliphatic heterocycles. The van der Waals surface area contributed by atoms with Gasteiger partial charge in [0, 0.05) is 29.8 Å². The predicted octanol–water partition coefficient (Wildman–Crippen LogP) is 3.42. The molecule has 1 aromatic carbocycles. The van der Waals surface area contributed by atoms with E-state index in [1.807, 2.05) is 30.5 Å². The highest BCUT2D eigenvalue weighted by atomic mass is 35.5. The minimum Gasteiger partial charge on any atom is -0.369 e. The van der Waals surface area contributed by atoms with Crippen molar-refractivity contribution in [2.45, 2.75) is 44.2 Å². The standard InChI is InChI=1S/C20H27ClN4O2S/c1-14(15-3-2-4-18(21)11-15)25-19-7-5-16(12-19)17-6-8-20(24-13-17)23-9-10-28(22,26)27/h2-4,6,8,11,13-14,16,19,25H,5,7,9-10,12H2,1H3,(H,23,24)(H2,22,26,27)/t14?,16-,19+/m1/s1. The van der Waals surface area contributed by atoms with E-state index in [1.54, 1.807) is 0 Å². The van der Waals surface area contributed by atoms with Gasteiger partial charge in [0.05, 0.1) is 5.75 Å². The molecule has 1 aliphatic rings. The molecule has 6 nitrogen and oxygen atoms in total. The van der Waals surface area contributed by atoms with E-state index < -0.39 is 10.0 Å². The molecule has 1 aromatic heterocycles. The molecule has 28 heavy (non-hydrogen) atoms. The molecule has 0 amide bonds. The summed E-state index contributed by atoms with van der Waals surface area (Å²) >= 11 is 6.10. The number of nitrogens with two attached hydrogens (primary N) is 1.